The fraction of sp³-hybridized carbons (Fsp3) is 0.909. The Labute approximate surface area is 91.4 Å². The molecule has 1 atom stereocenters. The number of rotatable bonds is 3. The van der Waals surface area contributed by atoms with Crippen molar-refractivity contribution in [2.45, 2.75) is 51.2 Å². The minimum absolute atomic E-state index is 0.0850. The number of carbonyl (C=O) groups is 1. The topological polar surface area (TPSA) is 66.6 Å². The zero-order valence-corrected chi connectivity index (χ0v) is 9.70. The molecular formula is C11H22N2O2. The molecule has 0 aromatic heterocycles. The Bertz CT molecular complexity index is 217. The summed E-state index contributed by atoms with van der Waals surface area (Å²) in [6.07, 6.45) is 2.62. The van der Waals surface area contributed by atoms with Gasteiger partial charge in [0.2, 0.25) is 5.91 Å². The molecule has 4 heteroatoms. The largest absolute Gasteiger partial charge is 0.390 e. The molecule has 15 heavy (non-hydrogen) atoms. The predicted octanol–water partition coefficient (Wildman–Crippen LogP) is 0.487. The number of aliphatic hydroxyl groups is 1. The van der Waals surface area contributed by atoms with Crippen LogP contribution in [-0.4, -0.2) is 40.6 Å². The highest BCUT2D eigenvalue weighted by atomic mass is 16.3. The lowest BCUT2D eigenvalue weighted by molar-refractivity contribution is -0.135. The fourth-order valence-corrected chi connectivity index (χ4v) is 1.75. The van der Waals surface area contributed by atoms with Crippen LogP contribution in [0.5, 0.6) is 0 Å². The van der Waals surface area contributed by atoms with Crippen molar-refractivity contribution in [3.8, 4) is 0 Å². The van der Waals surface area contributed by atoms with Gasteiger partial charge in [0, 0.05) is 25.6 Å². The molecule has 1 aliphatic rings. The normalized spacial score (nSPS) is 22.5. The van der Waals surface area contributed by atoms with E-state index in [2.05, 4.69) is 0 Å². The second-order valence-electron chi connectivity index (χ2n) is 4.89. The first-order valence-corrected chi connectivity index (χ1v) is 5.66. The van der Waals surface area contributed by atoms with E-state index in [1.165, 1.54) is 0 Å². The molecule has 1 fully saturated rings. The SMILES string of the molecule is CC(N)CCC(=O)N1CCC(C)(O)CC1. The molecule has 88 valence electrons. The number of piperidine rings is 1. The number of nitrogens with two attached hydrogens (primary N) is 1. The van der Waals surface area contributed by atoms with Gasteiger partial charge in [-0.05, 0) is 33.1 Å². The average molecular weight is 214 g/mol. The average Bonchev–Trinajstić information content (AvgIpc) is 2.14. The van der Waals surface area contributed by atoms with E-state index in [9.17, 15) is 9.90 Å². The van der Waals surface area contributed by atoms with Gasteiger partial charge in [-0.1, -0.05) is 0 Å². The van der Waals surface area contributed by atoms with Gasteiger partial charge >= 0.3 is 0 Å². The summed E-state index contributed by atoms with van der Waals surface area (Å²) in [5, 5.41) is 9.73. The van der Waals surface area contributed by atoms with E-state index in [4.69, 9.17) is 5.73 Å². The summed E-state index contributed by atoms with van der Waals surface area (Å²) >= 11 is 0. The van der Waals surface area contributed by atoms with E-state index in [1.807, 2.05) is 18.7 Å². The molecule has 1 rings (SSSR count). The molecule has 1 unspecified atom stereocenters. The molecule has 1 amide bonds. The van der Waals surface area contributed by atoms with E-state index in [-0.39, 0.29) is 11.9 Å². The lowest BCUT2D eigenvalue weighted by atomic mass is 9.93. The van der Waals surface area contributed by atoms with Crippen molar-refractivity contribution in [2.75, 3.05) is 13.1 Å². The molecule has 0 aromatic rings. The van der Waals surface area contributed by atoms with Gasteiger partial charge < -0.3 is 15.7 Å². The van der Waals surface area contributed by atoms with Crippen LogP contribution < -0.4 is 5.73 Å². The Morgan fingerprint density at radius 3 is 2.53 bits per heavy atom. The number of carbonyl (C=O) groups excluding carboxylic acids is 1. The summed E-state index contributed by atoms with van der Waals surface area (Å²) in [5.41, 5.74) is 5.02. The Balaban J connectivity index is 2.30. The van der Waals surface area contributed by atoms with Crippen LogP contribution in [0, 0.1) is 0 Å². The number of nitrogens with zero attached hydrogens (tertiary/aromatic N) is 1. The summed E-state index contributed by atoms with van der Waals surface area (Å²) in [6, 6.07) is 0.0850. The van der Waals surface area contributed by atoms with Crippen molar-refractivity contribution in [1.82, 2.24) is 4.90 Å². The van der Waals surface area contributed by atoms with Gasteiger partial charge in [0.05, 0.1) is 5.60 Å². The van der Waals surface area contributed by atoms with Gasteiger partial charge in [-0.25, -0.2) is 0 Å². The number of amides is 1. The second-order valence-corrected chi connectivity index (χ2v) is 4.89. The van der Waals surface area contributed by atoms with Crippen LogP contribution in [-0.2, 0) is 4.79 Å². The quantitative estimate of drug-likeness (QED) is 0.718. The van der Waals surface area contributed by atoms with Gasteiger partial charge in [-0.2, -0.15) is 0 Å². The zero-order chi connectivity index (χ0) is 11.5. The lowest BCUT2D eigenvalue weighted by Gasteiger charge is -2.35. The molecule has 0 radical (unpaired) electrons. The molecule has 4 nitrogen and oxygen atoms in total. The first-order chi connectivity index (χ1) is 6.91. The highest BCUT2D eigenvalue weighted by molar-refractivity contribution is 5.76. The first-order valence-electron chi connectivity index (χ1n) is 5.66. The molecule has 1 aliphatic heterocycles. The van der Waals surface area contributed by atoms with Crippen molar-refractivity contribution in [2.24, 2.45) is 5.73 Å². The third kappa shape index (κ3) is 4.18. The molecular weight excluding hydrogens is 192 g/mol. The Kier molecular flexibility index (Phi) is 4.11. The summed E-state index contributed by atoms with van der Waals surface area (Å²) in [7, 11) is 0. The summed E-state index contributed by atoms with van der Waals surface area (Å²) in [5.74, 6) is 0.169. The van der Waals surface area contributed by atoms with Crippen LogP contribution in [0.1, 0.15) is 39.5 Å². The maximum absolute atomic E-state index is 11.7. The van der Waals surface area contributed by atoms with Gasteiger partial charge in [-0.3, -0.25) is 4.79 Å². The van der Waals surface area contributed by atoms with E-state index < -0.39 is 5.60 Å². The van der Waals surface area contributed by atoms with Gasteiger partial charge in [0.1, 0.15) is 0 Å². The maximum atomic E-state index is 11.7. The van der Waals surface area contributed by atoms with Gasteiger partial charge in [0.25, 0.3) is 0 Å². The number of likely N-dealkylation sites (tertiary alicyclic amines) is 1. The van der Waals surface area contributed by atoms with Gasteiger partial charge in [-0.15, -0.1) is 0 Å². The third-order valence-corrected chi connectivity index (χ3v) is 3.01. The lowest BCUT2D eigenvalue weighted by Crippen LogP contribution is -2.45. The van der Waals surface area contributed by atoms with Crippen LogP contribution in [0.3, 0.4) is 0 Å². The van der Waals surface area contributed by atoms with E-state index >= 15 is 0 Å². The maximum Gasteiger partial charge on any atom is 0.222 e. The second kappa shape index (κ2) is 4.94. The fourth-order valence-electron chi connectivity index (χ4n) is 1.75. The monoisotopic (exact) mass is 214 g/mol. The van der Waals surface area contributed by atoms with Crippen molar-refractivity contribution in [1.29, 1.82) is 0 Å². The summed E-state index contributed by atoms with van der Waals surface area (Å²) in [4.78, 5) is 13.5. The zero-order valence-electron chi connectivity index (χ0n) is 9.70. The minimum atomic E-state index is -0.585. The predicted molar refractivity (Wildman–Crippen MR) is 59.3 cm³/mol. The number of hydrogen-bond acceptors (Lipinski definition) is 3. The van der Waals surface area contributed by atoms with Crippen molar-refractivity contribution >= 4 is 5.91 Å². The standard InChI is InChI=1S/C11H22N2O2/c1-9(12)3-4-10(14)13-7-5-11(2,15)6-8-13/h9,15H,3-8,12H2,1-2H3. The van der Waals surface area contributed by atoms with E-state index in [1.54, 1.807) is 0 Å². The smallest absolute Gasteiger partial charge is 0.222 e. The Hall–Kier alpha value is -0.610. The highest BCUT2D eigenvalue weighted by Crippen LogP contribution is 2.21. The molecule has 0 spiro atoms. The van der Waals surface area contributed by atoms with Crippen molar-refractivity contribution in [3.05, 3.63) is 0 Å². The minimum Gasteiger partial charge on any atom is -0.390 e. The molecule has 0 aromatic carbocycles. The molecule has 0 saturated carbocycles. The summed E-state index contributed by atoms with van der Waals surface area (Å²) < 4.78 is 0. The van der Waals surface area contributed by atoms with E-state index in [0.717, 1.165) is 6.42 Å². The van der Waals surface area contributed by atoms with Crippen molar-refractivity contribution < 1.29 is 9.90 Å². The Morgan fingerprint density at radius 2 is 2.07 bits per heavy atom. The molecule has 0 bridgehead atoms. The van der Waals surface area contributed by atoms with Crippen LogP contribution in [0.4, 0.5) is 0 Å². The van der Waals surface area contributed by atoms with Crippen molar-refractivity contribution in [3.63, 3.8) is 0 Å². The van der Waals surface area contributed by atoms with Crippen LogP contribution in [0.15, 0.2) is 0 Å². The van der Waals surface area contributed by atoms with Crippen LogP contribution in [0.25, 0.3) is 0 Å². The van der Waals surface area contributed by atoms with Crippen LogP contribution >= 0.6 is 0 Å². The van der Waals surface area contributed by atoms with Gasteiger partial charge in [0.15, 0.2) is 0 Å². The molecule has 0 aliphatic carbocycles. The third-order valence-electron chi connectivity index (χ3n) is 3.01. The van der Waals surface area contributed by atoms with Crippen LogP contribution in [0.2, 0.25) is 0 Å². The highest BCUT2D eigenvalue weighted by Gasteiger charge is 2.29. The molecule has 3 N–H and O–H groups in total. The first kappa shape index (κ1) is 12.5. The molecule has 1 saturated heterocycles. The molecule has 1 heterocycles. The Morgan fingerprint density at radius 1 is 1.53 bits per heavy atom. The van der Waals surface area contributed by atoms with E-state index in [0.29, 0.717) is 32.4 Å². The summed E-state index contributed by atoms with van der Waals surface area (Å²) in [6.45, 7) is 5.08. The number of hydrogen-bond donors (Lipinski definition) is 2.